The summed E-state index contributed by atoms with van der Waals surface area (Å²) < 4.78 is 44.2. The summed E-state index contributed by atoms with van der Waals surface area (Å²) in [7, 11) is 0. The summed E-state index contributed by atoms with van der Waals surface area (Å²) in [6, 6.07) is 3.25. The van der Waals surface area contributed by atoms with Crippen molar-refractivity contribution in [3.8, 4) is 0 Å². The van der Waals surface area contributed by atoms with Crippen LogP contribution in [0.2, 0.25) is 0 Å². The highest BCUT2D eigenvalue weighted by atomic mass is 19.4. The smallest absolute Gasteiger partial charge is 0.375 e. The zero-order chi connectivity index (χ0) is 20.9. The van der Waals surface area contributed by atoms with Gasteiger partial charge in [-0.15, -0.1) is 0 Å². The van der Waals surface area contributed by atoms with Gasteiger partial charge in [0.05, 0.1) is 24.2 Å². The standard InChI is InChI=1S/C21H23F3N2O3/c1-11-5-13(6-11)20(28)26-8-15-16(10-29-18(15)9-26)19(27)25-17-4-3-14(7-12(17)2)21(22,23)24/h3-4,7,13,15-16,18H,1,5-6,8-10H2,2H3,(H,25,27)/t15-,16+,18+/m0/s1. The van der Waals surface area contributed by atoms with Crippen molar-refractivity contribution in [3.05, 3.63) is 41.5 Å². The zero-order valence-corrected chi connectivity index (χ0v) is 16.1. The summed E-state index contributed by atoms with van der Waals surface area (Å²) in [5.74, 6) is -0.740. The molecule has 1 saturated carbocycles. The van der Waals surface area contributed by atoms with Crippen molar-refractivity contribution in [2.45, 2.75) is 32.0 Å². The zero-order valence-electron chi connectivity index (χ0n) is 16.1. The topological polar surface area (TPSA) is 58.6 Å². The third kappa shape index (κ3) is 3.77. The van der Waals surface area contributed by atoms with Crippen LogP contribution < -0.4 is 5.32 Å². The van der Waals surface area contributed by atoms with E-state index in [0.717, 1.165) is 30.5 Å². The second-order valence-corrected chi connectivity index (χ2v) is 8.26. The molecule has 4 rings (SSSR count). The highest BCUT2D eigenvalue weighted by molar-refractivity contribution is 5.94. The van der Waals surface area contributed by atoms with Crippen LogP contribution in [0.25, 0.3) is 0 Å². The van der Waals surface area contributed by atoms with Gasteiger partial charge in [-0.25, -0.2) is 0 Å². The number of carbonyl (C=O) groups is 2. The van der Waals surface area contributed by atoms with Crippen LogP contribution in [0.1, 0.15) is 24.0 Å². The molecular weight excluding hydrogens is 385 g/mol. The van der Waals surface area contributed by atoms with Crippen molar-refractivity contribution >= 4 is 17.5 Å². The number of ether oxygens (including phenoxy) is 1. The summed E-state index contributed by atoms with van der Waals surface area (Å²) in [6.07, 6.45) is -3.15. The van der Waals surface area contributed by atoms with Gasteiger partial charge in [0.15, 0.2) is 0 Å². The van der Waals surface area contributed by atoms with E-state index in [-0.39, 0.29) is 36.4 Å². The van der Waals surface area contributed by atoms with Gasteiger partial charge in [-0.1, -0.05) is 12.2 Å². The first-order valence-electron chi connectivity index (χ1n) is 9.69. The molecule has 2 amide bonds. The highest BCUT2D eigenvalue weighted by Gasteiger charge is 2.49. The van der Waals surface area contributed by atoms with E-state index in [1.165, 1.54) is 13.0 Å². The predicted molar refractivity (Wildman–Crippen MR) is 100.0 cm³/mol. The number of nitrogens with one attached hydrogen (secondary N) is 1. The lowest BCUT2D eigenvalue weighted by molar-refractivity contribution is -0.138. The fraction of sp³-hybridized carbons (Fsp3) is 0.524. The van der Waals surface area contributed by atoms with Crippen molar-refractivity contribution < 1.29 is 27.5 Å². The summed E-state index contributed by atoms with van der Waals surface area (Å²) in [4.78, 5) is 27.1. The van der Waals surface area contributed by atoms with E-state index in [1.54, 1.807) is 4.90 Å². The SMILES string of the molecule is C=C1CC(C(=O)N2C[C@@H]3[C@@H](C2)OC[C@H]3C(=O)Nc2ccc(C(F)(F)F)cc2C)C1. The minimum Gasteiger partial charge on any atom is -0.375 e. The third-order valence-corrected chi connectivity index (χ3v) is 6.20. The van der Waals surface area contributed by atoms with E-state index >= 15 is 0 Å². The molecule has 156 valence electrons. The largest absolute Gasteiger partial charge is 0.416 e. The minimum absolute atomic E-state index is 0.0107. The number of hydrogen-bond donors (Lipinski definition) is 1. The first-order valence-corrected chi connectivity index (χ1v) is 9.69. The molecule has 1 aliphatic carbocycles. The Labute approximate surface area is 166 Å². The van der Waals surface area contributed by atoms with Gasteiger partial charge in [-0.05, 0) is 43.5 Å². The van der Waals surface area contributed by atoms with Crippen LogP contribution in [-0.2, 0) is 20.5 Å². The van der Waals surface area contributed by atoms with Crippen LogP contribution in [0.4, 0.5) is 18.9 Å². The highest BCUT2D eigenvalue weighted by Crippen LogP contribution is 2.39. The Morgan fingerprint density at radius 1 is 1.24 bits per heavy atom. The molecule has 1 aromatic carbocycles. The number of allylic oxidation sites excluding steroid dienone is 1. The third-order valence-electron chi connectivity index (χ3n) is 6.20. The van der Waals surface area contributed by atoms with E-state index in [4.69, 9.17) is 4.74 Å². The molecule has 5 nitrogen and oxygen atoms in total. The van der Waals surface area contributed by atoms with Crippen molar-refractivity contribution in [2.24, 2.45) is 17.8 Å². The van der Waals surface area contributed by atoms with E-state index in [0.29, 0.717) is 24.3 Å². The van der Waals surface area contributed by atoms with Gasteiger partial charge < -0.3 is 15.0 Å². The maximum absolute atomic E-state index is 12.8. The van der Waals surface area contributed by atoms with Gasteiger partial charge in [-0.2, -0.15) is 13.2 Å². The fourth-order valence-corrected chi connectivity index (χ4v) is 4.44. The molecule has 8 heteroatoms. The number of hydrogen-bond acceptors (Lipinski definition) is 3. The van der Waals surface area contributed by atoms with Crippen molar-refractivity contribution in [1.82, 2.24) is 4.90 Å². The molecule has 2 aliphatic heterocycles. The van der Waals surface area contributed by atoms with Crippen LogP contribution in [0.15, 0.2) is 30.4 Å². The van der Waals surface area contributed by atoms with E-state index in [2.05, 4.69) is 11.9 Å². The Kier molecular flexibility index (Phi) is 4.93. The van der Waals surface area contributed by atoms with Gasteiger partial charge >= 0.3 is 6.18 Å². The molecule has 2 saturated heterocycles. The number of halogens is 3. The Hall–Kier alpha value is -2.35. The number of nitrogens with zero attached hydrogens (tertiary/aromatic N) is 1. The number of amides is 2. The van der Waals surface area contributed by atoms with Crippen molar-refractivity contribution in [1.29, 1.82) is 0 Å². The molecule has 0 aromatic heterocycles. The Morgan fingerprint density at radius 2 is 1.97 bits per heavy atom. The van der Waals surface area contributed by atoms with Crippen LogP contribution in [0.5, 0.6) is 0 Å². The molecule has 2 heterocycles. The average molecular weight is 408 g/mol. The lowest BCUT2D eigenvalue weighted by Crippen LogP contribution is -2.40. The second-order valence-electron chi connectivity index (χ2n) is 8.26. The number of alkyl halides is 3. The first-order chi connectivity index (χ1) is 13.6. The lowest BCUT2D eigenvalue weighted by Gasteiger charge is -2.31. The molecule has 1 N–H and O–H groups in total. The maximum atomic E-state index is 12.8. The van der Waals surface area contributed by atoms with Crippen molar-refractivity contribution in [2.75, 3.05) is 25.0 Å². The predicted octanol–water partition coefficient (Wildman–Crippen LogP) is 3.39. The number of carbonyl (C=O) groups excluding carboxylic acids is 2. The molecule has 3 fully saturated rings. The Bertz CT molecular complexity index is 859. The summed E-state index contributed by atoms with van der Waals surface area (Å²) in [5.41, 5.74) is 1.03. The van der Waals surface area contributed by atoms with Crippen LogP contribution in [0.3, 0.4) is 0 Å². The molecule has 3 aliphatic rings. The van der Waals surface area contributed by atoms with Crippen LogP contribution in [-0.4, -0.2) is 42.5 Å². The van der Waals surface area contributed by atoms with Gasteiger partial charge in [0.1, 0.15) is 0 Å². The number of anilines is 1. The molecule has 0 spiro atoms. The van der Waals surface area contributed by atoms with Crippen LogP contribution >= 0.6 is 0 Å². The second kappa shape index (κ2) is 7.16. The van der Waals surface area contributed by atoms with Crippen LogP contribution in [0, 0.1) is 24.7 Å². The average Bonchev–Trinajstić information content (AvgIpc) is 3.19. The van der Waals surface area contributed by atoms with E-state index < -0.39 is 17.7 Å². The number of benzene rings is 1. The molecule has 29 heavy (non-hydrogen) atoms. The monoisotopic (exact) mass is 408 g/mol. The molecular formula is C21H23F3N2O3. The quantitative estimate of drug-likeness (QED) is 0.780. The van der Waals surface area contributed by atoms with Gasteiger partial charge in [0, 0.05) is 30.6 Å². The van der Waals surface area contributed by atoms with Gasteiger partial charge in [0.2, 0.25) is 11.8 Å². The Morgan fingerprint density at radius 3 is 2.59 bits per heavy atom. The summed E-state index contributed by atoms with van der Waals surface area (Å²) >= 11 is 0. The molecule has 0 radical (unpaired) electrons. The number of rotatable bonds is 3. The number of likely N-dealkylation sites (tertiary alicyclic amines) is 1. The first kappa shape index (κ1) is 19.9. The van der Waals surface area contributed by atoms with Gasteiger partial charge in [0.25, 0.3) is 0 Å². The normalized spacial score (nSPS) is 27.0. The molecule has 0 bridgehead atoms. The minimum atomic E-state index is -4.42. The molecule has 1 aromatic rings. The Balaban J connectivity index is 1.40. The molecule has 0 unspecified atom stereocenters. The van der Waals surface area contributed by atoms with Gasteiger partial charge in [-0.3, -0.25) is 9.59 Å². The number of aryl methyl sites for hydroxylation is 1. The number of fused-ring (bicyclic) bond motifs is 1. The maximum Gasteiger partial charge on any atom is 0.416 e. The summed E-state index contributed by atoms with van der Waals surface area (Å²) in [6.45, 7) is 6.60. The molecule has 3 atom stereocenters. The lowest BCUT2D eigenvalue weighted by atomic mass is 9.80. The van der Waals surface area contributed by atoms with Crippen molar-refractivity contribution in [3.63, 3.8) is 0 Å². The van der Waals surface area contributed by atoms with E-state index in [1.807, 2.05) is 0 Å². The fourth-order valence-electron chi connectivity index (χ4n) is 4.44. The summed E-state index contributed by atoms with van der Waals surface area (Å²) in [5, 5.41) is 2.74. The van der Waals surface area contributed by atoms with E-state index in [9.17, 15) is 22.8 Å².